The highest BCUT2D eigenvalue weighted by molar-refractivity contribution is 5.79. The molecular weight excluding hydrogens is 312 g/mol. The molecule has 0 radical (unpaired) electrons. The van der Waals surface area contributed by atoms with Crippen LogP contribution in [0.5, 0.6) is 0 Å². The lowest BCUT2D eigenvalue weighted by Crippen LogP contribution is -2.64. The monoisotopic (exact) mass is 340 g/mol. The fourth-order valence-electron chi connectivity index (χ4n) is 5.77. The third-order valence-corrected chi connectivity index (χ3v) is 6.89. The van der Waals surface area contributed by atoms with Gasteiger partial charge in [-0.25, -0.2) is 0 Å². The molecule has 25 heavy (non-hydrogen) atoms. The van der Waals surface area contributed by atoms with Crippen LogP contribution in [-0.2, 0) is 16.1 Å². The molecule has 3 heterocycles. The highest BCUT2D eigenvalue weighted by Crippen LogP contribution is 2.51. The van der Waals surface area contributed by atoms with E-state index in [1.807, 2.05) is 0 Å². The third-order valence-electron chi connectivity index (χ3n) is 6.89. The van der Waals surface area contributed by atoms with Crippen LogP contribution in [0, 0.1) is 5.92 Å². The van der Waals surface area contributed by atoms with Crippen molar-refractivity contribution < 1.29 is 9.53 Å². The molecule has 1 spiro atoms. The normalized spacial score (nSPS) is 38.2. The van der Waals surface area contributed by atoms with Gasteiger partial charge in [-0.3, -0.25) is 9.69 Å². The first-order valence-corrected chi connectivity index (χ1v) is 10.0. The van der Waals surface area contributed by atoms with Gasteiger partial charge in [0.2, 0.25) is 5.91 Å². The molecule has 3 aliphatic heterocycles. The van der Waals surface area contributed by atoms with Crippen molar-refractivity contribution >= 4 is 5.91 Å². The predicted octanol–water partition coefficient (Wildman–Crippen LogP) is 3.17. The summed E-state index contributed by atoms with van der Waals surface area (Å²) in [5.74, 6) is 0.815. The molecule has 0 N–H and O–H groups in total. The maximum absolute atomic E-state index is 12.8. The second kappa shape index (κ2) is 6.10. The van der Waals surface area contributed by atoms with Gasteiger partial charge in [0.25, 0.3) is 0 Å². The van der Waals surface area contributed by atoms with Crippen molar-refractivity contribution in [2.45, 2.75) is 69.4 Å². The number of carbonyl (C=O) groups is 1. The topological polar surface area (TPSA) is 32.8 Å². The standard InChI is InChI=1S/C21H28N2O2/c24-20-11-10-17-15-22(14-16-6-2-1-3-7-16)13-12-21(17)23(20)18-8-4-5-9-19(18)25-21/h1-3,6-7,17-19H,4-5,8-15H2/t17-,18+,19+,21-/m1/s1. The zero-order chi connectivity index (χ0) is 16.9. The number of hydrogen-bond acceptors (Lipinski definition) is 3. The summed E-state index contributed by atoms with van der Waals surface area (Å²) in [7, 11) is 0. The smallest absolute Gasteiger partial charge is 0.225 e. The van der Waals surface area contributed by atoms with Crippen LogP contribution in [0.3, 0.4) is 0 Å². The lowest BCUT2D eigenvalue weighted by Gasteiger charge is -2.52. The van der Waals surface area contributed by atoms with E-state index in [0.717, 1.165) is 45.3 Å². The van der Waals surface area contributed by atoms with Crippen LogP contribution in [-0.4, -0.2) is 46.7 Å². The molecule has 1 aliphatic carbocycles. The molecule has 4 aliphatic rings. The molecule has 134 valence electrons. The number of carbonyl (C=O) groups excluding carboxylic acids is 1. The molecule has 0 bridgehead atoms. The SMILES string of the molecule is O=C1CC[C@@H]2CN(Cc3ccccc3)CC[C@@]23O[C@H]2CCCC[C@@H]2N13. The number of ether oxygens (including phenoxy) is 1. The molecule has 4 nitrogen and oxygen atoms in total. The number of likely N-dealkylation sites (tertiary alicyclic amines) is 1. The van der Waals surface area contributed by atoms with Crippen molar-refractivity contribution in [1.29, 1.82) is 0 Å². The van der Waals surface area contributed by atoms with Crippen LogP contribution in [0.15, 0.2) is 30.3 Å². The van der Waals surface area contributed by atoms with E-state index in [2.05, 4.69) is 40.1 Å². The van der Waals surface area contributed by atoms with Gasteiger partial charge in [0.05, 0.1) is 12.1 Å². The molecule has 4 heteroatoms. The van der Waals surface area contributed by atoms with Gasteiger partial charge in [0.1, 0.15) is 5.72 Å². The Morgan fingerprint density at radius 2 is 1.96 bits per heavy atom. The van der Waals surface area contributed by atoms with Crippen molar-refractivity contribution in [2.75, 3.05) is 13.1 Å². The third kappa shape index (κ3) is 2.53. The first-order valence-electron chi connectivity index (χ1n) is 10.0. The second-order valence-corrected chi connectivity index (χ2v) is 8.32. The summed E-state index contributed by atoms with van der Waals surface area (Å²) in [5.41, 5.74) is 1.09. The fraction of sp³-hybridized carbons (Fsp3) is 0.667. The summed E-state index contributed by atoms with van der Waals surface area (Å²) < 4.78 is 6.71. The predicted molar refractivity (Wildman–Crippen MR) is 95.8 cm³/mol. The van der Waals surface area contributed by atoms with Crippen LogP contribution in [0.1, 0.15) is 50.5 Å². The number of benzene rings is 1. The van der Waals surface area contributed by atoms with E-state index < -0.39 is 0 Å². The summed E-state index contributed by atoms with van der Waals surface area (Å²) in [5, 5.41) is 0. The van der Waals surface area contributed by atoms with Crippen molar-refractivity contribution in [3.8, 4) is 0 Å². The number of hydrogen-bond donors (Lipinski definition) is 0. The van der Waals surface area contributed by atoms with Crippen LogP contribution < -0.4 is 0 Å². The van der Waals surface area contributed by atoms with Gasteiger partial charge in [-0.1, -0.05) is 43.2 Å². The quantitative estimate of drug-likeness (QED) is 0.829. The van der Waals surface area contributed by atoms with Crippen molar-refractivity contribution in [3.63, 3.8) is 0 Å². The molecule has 0 aromatic heterocycles. The van der Waals surface area contributed by atoms with Gasteiger partial charge in [0.15, 0.2) is 0 Å². The Morgan fingerprint density at radius 1 is 1.12 bits per heavy atom. The summed E-state index contributed by atoms with van der Waals surface area (Å²) in [4.78, 5) is 17.6. The highest BCUT2D eigenvalue weighted by atomic mass is 16.5. The Balaban J connectivity index is 1.37. The zero-order valence-electron chi connectivity index (χ0n) is 14.9. The Hall–Kier alpha value is -1.39. The van der Waals surface area contributed by atoms with Gasteiger partial charge in [0, 0.05) is 38.4 Å². The van der Waals surface area contributed by atoms with E-state index in [4.69, 9.17) is 4.74 Å². The molecule has 0 unspecified atom stereocenters. The second-order valence-electron chi connectivity index (χ2n) is 8.32. The van der Waals surface area contributed by atoms with Crippen LogP contribution in [0.4, 0.5) is 0 Å². The van der Waals surface area contributed by atoms with Crippen LogP contribution in [0.2, 0.25) is 0 Å². The van der Waals surface area contributed by atoms with Gasteiger partial charge in [-0.05, 0) is 24.8 Å². The summed E-state index contributed by atoms with van der Waals surface area (Å²) in [6, 6.07) is 11.1. The number of piperidine rings is 2. The van der Waals surface area contributed by atoms with E-state index in [1.54, 1.807) is 0 Å². The zero-order valence-corrected chi connectivity index (χ0v) is 14.9. The lowest BCUT2D eigenvalue weighted by molar-refractivity contribution is -0.198. The Labute approximate surface area is 150 Å². The molecule has 1 aromatic carbocycles. The van der Waals surface area contributed by atoms with Gasteiger partial charge < -0.3 is 9.64 Å². The minimum atomic E-state index is -0.289. The Bertz CT molecular complexity index is 649. The number of rotatable bonds is 2. The molecule has 5 rings (SSSR count). The van der Waals surface area contributed by atoms with Gasteiger partial charge in [-0.2, -0.15) is 0 Å². The molecular formula is C21H28N2O2. The summed E-state index contributed by atoms with van der Waals surface area (Å²) >= 11 is 0. The maximum Gasteiger partial charge on any atom is 0.225 e. The van der Waals surface area contributed by atoms with E-state index in [1.165, 1.54) is 18.4 Å². The van der Waals surface area contributed by atoms with E-state index in [0.29, 0.717) is 30.4 Å². The average Bonchev–Trinajstić information content (AvgIpc) is 2.98. The number of nitrogens with zero attached hydrogens (tertiary/aromatic N) is 2. The molecule has 3 saturated heterocycles. The van der Waals surface area contributed by atoms with E-state index >= 15 is 0 Å². The number of amides is 1. The molecule has 4 fully saturated rings. The van der Waals surface area contributed by atoms with Crippen LogP contribution >= 0.6 is 0 Å². The van der Waals surface area contributed by atoms with Crippen molar-refractivity contribution in [2.24, 2.45) is 5.92 Å². The van der Waals surface area contributed by atoms with Gasteiger partial charge >= 0.3 is 0 Å². The minimum Gasteiger partial charge on any atom is -0.350 e. The molecule has 1 amide bonds. The summed E-state index contributed by atoms with van der Waals surface area (Å²) in [6.45, 7) is 3.08. The van der Waals surface area contributed by atoms with E-state index in [9.17, 15) is 4.79 Å². The van der Waals surface area contributed by atoms with Crippen molar-refractivity contribution in [3.05, 3.63) is 35.9 Å². The Morgan fingerprint density at radius 3 is 2.84 bits per heavy atom. The van der Waals surface area contributed by atoms with Crippen LogP contribution in [0.25, 0.3) is 0 Å². The fourth-order valence-corrected chi connectivity index (χ4v) is 5.77. The molecule has 1 aromatic rings. The average molecular weight is 340 g/mol. The highest BCUT2D eigenvalue weighted by Gasteiger charge is 2.61. The molecule has 4 atom stereocenters. The summed E-state index contributed by atoms with van der Waals surface area (Å²) in [6.07, 6.45) is 7.73. The van der Waals surface area contributed by atoms with Gasteiger partial charge in [-0.15, -0.1) is 0 Å². The Kier molecular flexibility index (Phi) is 3.86. The van der Waals surface area contributed by atoms with Crippen molar-refractivity contribution in [1.82, 2.24) is 9.80 Å². The number of fused-ring (bicyclic) bond motifs is 2. The largest absolute Gasteiger partial charge is 0.350 e. The molecule has 1 saturated carbocycles. The minimum absolute atomic E-state index is 0.289. The first-order chi connectivity index (χ1) is 12.3. The lowest BCUT2D eigenvalue weighted by atomic mass is 9.79. The maximum atomic E-state index is 12.8. The first kappa shape index (κ1) is 15.8. The van der Waals surface area contributed by atoms with E-state index in [-0.39, 0.29) is 5.72 Å².